The Morgan fingerprint density at radius 2 is 1.89 bits per heavy atom. The van der Waals surface area contributed by atoms with Gasteiger partial charge in [-0.2, -0.15) is 0 Å². The monoisotopic (exact) mass is 286 g/mol. The third kappa shape index (κ3) is 2.16. The van der Waals surface area contributed by atoms with E-state index in [1.165, 1.54) is 12.8 Å². The Labute approximate surface area is 117 Å². The average molecular weight is 287 g/mol. The van der Waals surface area contributed by atoms with Crippen molar-refractivity contribution in [2.75, 3.05) is 0 Å². The largest absolute Gasteiger partial charge is 0.344 e. The van der Waals surface area contributed by atoms with Crippen molar-refractivity contribution in [1.82, 2.24) is 0 Å². The third-order valence-corrected chi connectivity index (χ3v) is 4.37. The molecule has 2 nitrogen and oxygen atoms in total. The van der Waals surface area contributed by atoms with E-state index in [0.717, 1.165) is 18.4 Å². The van der Waals surface area contributed by atoms with Gasteiger partial charge < -0.3 is 9.47 Å². The minimum absolute atomic E-state index is 0.0294. The maximum atomic E-state index is 6.25. The van der Waals surface area contributed by atoms with Gasteiger partial charge in [0.25, 0.3) is 0 Å². The van der Waals surface area contributed by atoms with E-state index in [1.807, 2.05) is 19.1 Å². The maximum Gasteiger partial charge on any atom is 0.169 e. The average Bonchev–Trinajstić information content (AvgIpc) is 2.87. The molecular weight excluding hydrogens is 271 g/mol. The Hall–Kier alpha value is -0.280. The quantitative estimate of drug-likeness (QED) is 0.742. The van der Waals surface area contributed by atoms with E-state index in [1.54, 1.807) is 6.07 Å². The standard InChI is InChI=1S/C14H16Cl2O2/c1-9-13(11-5-4-10(15)8-12(11)16)18-14(17-9)6-2-3-7-14/h4-5,8-9,13H,2-3,6-7H2,1H3/t9-,13+/m0/s1. The summed E-state index contributed by atoms with van der Waals surface area (Å²) in [5.41, 5.74) is 0.970. The first-order valence-corrected chi connectivity index (χ1v) is 7.16. The molecule has 1 heterocycles. The zero-order chi connectivity index (χ0) is 12.8. The zero-order valence-corrected chi connectivity index (χ0v) is 11.8. The van der Waals surface area contributed by atoms with Crippen molar-refractivity contribution in [3.63, 3.8) is 0 Å². The van der Waals surface area contributed by atoms with Crippen LogP contribution in [0.4, 0.5) is 0 Å². The Kier molecular flexibility index (Phi) is 3.31. The fourth-order valence-electron chi connectivity index (χ4n) is 2.95. The van der Waals surface area contributed by atoms with Crippen LogP contribution in [0.1, 0.15) is 44.3 Å². The molecule has 0 N–H and O–H groups in total. The van der Waals surface area contributed by atoms with E-state index in [2.05, 4.69) is 0 Å². The summed E-state index contributed by atoms with van der Waals surface area (Å²) >= 11 is 12.2. The lowest BCUT2D eigenvalue weighted by Gasteiger charge is -2.22. The van der Waals surface area contributed by atoms with E-state index < -0.39 is 0 Å². The summed E-state index contributed by atoms with van der Waals surface area (Å²) in [5, 5.41) is 1.30. The SMILES string of the molecule is C[C@@H]1OC2(CCCC2)O[C@H]1c1ccc(Cl)cc1Cl. The Bertz CT molecular complexity index is 455. The van der Waals surface area contributed by atoms with Crippen LogP contribution in [0.25, 0.3) is 0 Å². The van der Waals surface area contributed by atoms with Crippen LogP contribution in [0.15, 0.2) is 18.2 Å². The minimum atomic E-state index is -0.368. The van der Waals surface area contributed by atoms with Crippen LogP contribution in [0.5, 0.6) is 0 Å². The molecule has 0 bridgehead atoms. The van der Waals surface area contributed by atoms with Crippen LogP contribution >= 0.6 is 23.2 Å². The first-order chi connectivity index (χ1) is 8.60. The van der Waals surface area contributed by atoms with Gasteiger partial charge in [-0.1, -0.05) is 29.3 Å². The van der Waals surface area contributed by atoms with Crippen LogP contribution in [0.3, 0.4) is 0 Å². The van der Waals surface area contributed by atoms with Gasteiger partial charge in [0.2, 0.25) is 0 Å². The molecule has 1 aliphatic carbocycles. The molecule has 2 atom stereocenters. The lowest BCUT2D eigenvalue weighted by atomic mass is 10.1. The molecule has 0 unspecified atom stereocenters. The summed E-state index contributed by atoms with van der Waals surface area (Å²) < 4.78 is 12.2. The van der Waals surface area contributed by atoms with E-state index in [-0.39, 0.29) is 18.0 Å². The Morgan fingerprint density at radius 3 is 2.56 bits per heavy atom. The maximum absolute atomic E-state index is 6.25. The number of ether oxygens (including phenoxy) is 2. The van der Waals surface area contributed by atoms with Crippen molar-refractivity contribution >= 4 is 23.2 Å². The molecule has 3 rings (SSSR count). The molecule has 1 saturated carbocycles. The lowest BCUT2D eigenvalue weighted by Crippen LogP contribution is -2.25. The third-order valence-electron chi connectivity index (χ3n) is 3.80. The van der Waals surface area contributed by atoms with Crippen molar-refractivity contribution < 1.29 is 9.47 Å². The summed E-state index contributed by atoms with van der Waals surface area (Å²) in [6, 6.07) is 5.54. The topological polar surface area (TPSA) is 18.5 Å². The number of hydrogen-bond acceptors (Lipinski definition) is 2. The summed E-state index contributed by atoms with van der Waals surface area (Å²) in [6.45, 7) is 2.04. The van der Waals surface area contributed by atoms with Crippen LogP contribution in [-0.2, 0) is 9.47 Å². The van der Waals surface area contributed by atoms with Gasteiger partial charge >= 0.3 is 0 Å². The molecule has 1 aliphatic heterocycles. The summed E-state index contributed by atoms with van der Waals surface area (Å²) in [6.07, 6.45) is 4.26. The predicted molar refractivity (Wildman–Crippen MR) is 72.0 cm³/mol. The highest BCUT2D eigenvalue weighted by Crippen LogP contribution is 2.48. The van der Waals surface area contributed by atoms with E-state index in [0.29, 0.717) is 10.0 Å². The normalized spacial score (nSPS) is 30.2. The Morgan fingerprint density at radius 1 is 1.17 bits per heavy atom. The molecule has 18 heavy (non-hydrogen) atoms. The van der Waals surface area contributed by atoms with Gasteiger partial charge in [0.15, 0.2) is 5.79 Å². The van der Waals surface area contributed by atoms with Gasteiger partial charge in [0.1, 0.15) is 6.10 Å². The van der Waals surface area contributed by atoms with Crippen molar-refractivity contribution in [3.05, 3.63) is 33.8 Å². The molecule has 2 aliphatic rings. The number of halogens is 2. The molecule has 1 saturated heterocycles. The number of rotatable bonds is 1. The second-order valence-electron chi connectivity index (χ2n) is 5.15. The lowest BCUT2D eigenvalue weighted by molar-refractivity contribution is -0.168. The van der Waals surface area contributed by atoms with E-state index in [4.69, 9.17) is 32.7 Å². The molecule has 0 amide bonds. The fourth-order valence-corrected chi connectivity index (χ4v) is 3.47. The summed E-state index contributed by atoms with van der Waals surface area (Å²) in [5.74, 6) is -0.368. The second kappa shape index (κ2) is 4.68. The van der Waals surface area contributed by atoms with Crippen LogP contribution in [-0.4, -0.2) is 11.9 Å². The minimum Gasteiger partial charge on any atom is -0.344 e. The fraction of sp³-hybridized carbons (Fsp3) is 0.571. The zero-order valence-electron chi connectivity index (χ0n) is 10.3. The van der Waals surface area contributed by atoms with Crippen LogP contribution in [0, 0.1) is 0 Å². The molecular formula is C14H16Cl2O2. The molecule has 1 spiro atoms. The molecule has 1 aromatic rings. The highest BCUT2D eigenvalue weighted by Gasteiger charge is 2.48. The summed E-state index contributed by atoms with van der Waals surface area (Å²) in [4.78, 5) is 0. The number of benzene rings is 1. The van der Waals surface area contributed by atoms with E-state index >= 15 is 0 Å². The van der Waals surface area contributed by atoms with Crippen molar-refractivity contribution in [3.8, 4) is 0 Å². The van der Waals surface area contributed by atoms with Gasteiger partial charge in [0.05, 0.1) is 6.10 Å². The molecule has 98 valence electrons. The first kappa shape index (κ1) is 12.7. The van der Waals surface area contributed by atoms with Crippen LogP contribution in [0.2, 0.25) is 10.0 Å². The number of hydrogen-bond donors (Lipinski definition) is 0. The van der Waals surface area contributed by atoms with E-state index in [9.17, 15) is 0 Å². The molecule has 0 radical (unpaired) electrons. The van der Waals surface area contributed by atoms with Crippen molar-refractivity contribution in [2.45, 2.75) is 50.6 Å². The highest BCUT2D eigenvalue weighted by molar-refractivity contribution is 6.35. The van der Waals surface area contributed by atoms with Crippen molar-refractivity contribution in [2.24, 2.45) is 0 Å². The smallest absolute Gasteiger partial charge is 0.169 e. The predicted octanol–water partition coefficient (Wildman–Crippen LogP) is 4.74. The molecule has 0 aromatic heterocycles. The van der Waals surface area contributed by atoms with Gasteiger partial charge in [-0.3, -0.25) is 0 Å². The van der Waals surface area contributed by atoms with Crippen molar-refractivity contribution in [1.29, 1.82) is 0 Å². The highest BCUT2D eigenvalue weighted by atomic mass is 35.5. The Balaban J connectivity index is 1.88. The van der Waals surface area contributed by atoms with Gasteiger partial charge in [-0.05, 0) is 31.9 Å². The summed E-state index contributed by atoms with van der Waals surface area (Å²) in [7, 11) is 0. The molecule has 1 aromatic carbocycles. The van der Waals surface area contributed by atoms with Gasteiger partial charge in [-0.25, -0.2) is 0 Å². The second-order valence-corrected chi connectivity index (χ2v) is 5.99. The van der Waals surface area contributed by atoms with Crippen LogP contribution < -0.4 is 0 Å². The van der Waals surface area contributed by atoms with Gasteiger partial charge in [0, 0.05) is 28.5 Å². The first-order valence-electron chi connectivity index (χ1n) is 6.40. The molecule has 2 fully saturated rings. The van der Waals surface area contributed by atoms with Gasteiger partial charge in [-0.15, -0.1) is 0 Å². The molecule has 4 heteroatoms.